The second-order valence-corrected chi connectivity index (χ2v) is 7.26. The zero-order chi connectivity index (χ0) is 19.4. The number of pyridine rings is 1. The summed E-state index contributed by atoms with van der Waals surface area (Å²) in [7, 11) is 0. The molecule has 148 valence electrons. The van der Waals surface area contributed by atoms with Crippen LogP contribution in [0, 0.1) is 5.92 Å². The van der Waals surface area contributed by atoms with E-state index in [1.54, 1.807) is 6.20 Å². The highest BCUT2D eigenvalue weighted by Gasteiger charge is 2.33. The third-order valence-corrected chi connectivity index (χ3v) is 5.14. The van der Waals surface area contributed by atoms with Crippen LogP contribution >= 0.6 is 0 Å². The van der Waals surface area contributed by atoms with Gasteiger partial charge in [0.05, 0.1) is 0 Å². The third-order valence-electron chi connectivity index (χ3n) is 5.14. The number of aliphatic imine (C=N–C) groups is 1. The van der Waals surface area contributed by atoms with Crippen molar-refractivity contribution < 1.29 is 9.90 Å². The molecular weight excluding hydrogens is 348 g/mol. The van der Waals surface area contributed by atoms with Gasteiger partial charge in [-0.3, -0.25) is 20.9 Å². The first-order valence-corrected chi connectivity index (χ1v) is 9.16. The fourth-order valence-corrected chi connectivity index (χ4v) is 3.45. The van der Waals surface area contributed by atoms with Gasteiger partial charge in [0.2, 0.25) is 11.7 Å². The first kappa shape index (κ1) is 19.3. The number of nitrogens with one attached hydrogen (secondary N) is 2. The maximum absolute atomic E-state index is 8.36. The summed E-state index contributed by atoms with van der Waals surface area (Å²) >= 11 is 0. The van der Waals surface area contributed by atoms with E-state index in [4.69, 9.17) is 21.4 Å². The molecule has 3 aliphatic rings. The van der Waals surface area contributed by atoms with Crippen molar-refractivity contribution in [2.45, 2.75) is 31.6 Å². The summed E-state index contributed by atoms with van der Waals surface area (Å²) < 4.78 is 0. The molecule has 4 rings (SSSR count). The lowest BCUT2D eigenvalue weighted by Gasteiger charge is -2.40. The molecule has 1 saturated heterocycles. The van der Waals surface area contributed by atoms with Crippen LogP contribution in [0.4, 0.5) is 5.82 Å². The molecule has 1 unspecified atom stereocenters. The minimum atomic E-state index is -1.05. The van der Waals surface area contributed by atoms with Gasteiger partial charge in [0.1, 0.15) is 5.82 Å². The van der Waals surface area contributed by atoms with E-state index in [-0.39, 0.29) is 12.4 Å². The normalized spacial score (nSPS) is 28.0. The third kappa shape index (κ3) is 4.65. The molecule has 2 aliphatic heterocycles. The van der Waals surface area contributed by atoms with E-state index < -0.39 is 5.79 Å². The Kier molecular flexibility index (Phi) is 5.78. The van der Waals surface area contributed by atoms with Crippen LogP contribution in [-0.4, -0.2) is 59.6 Å². The maximum Gasteiger partial charge on any atom is 0.290 e. The Labute approximate surface area is 158 Å². The molecule has 1 aromatic heterocycles. The topological polar surface area (TPSA) is 145 Å². The first-order chi connectivity index (χ1) is 12.9. The quantitative estimate of drug-likeness (QED) is 0.426. The van der Waals surface area contributed by atoms with E-state index in [1.165, 1.54) is 19.4 Å². The largest absolute Gasteiger partial charge is 0.483 e. The number of nitrogens with two attached hydrogens (primary N) is 2. The summed E-state index contributed by atoms with van der Waals surface area (Å²) in [6, 6.07) is 4.53. The van der Waals surface area contributed by atoms with Gasteiger partial charge in [-0.15, -0.1) is 0 Å². The highest BCUT2D eigenvalue weighted by Crippen LogP contribution is 2.31. The van der Waals surface area contributed by atoms with Gasteiger partial charge in [0, 0.05) is 44.0 Å². The highest BCUT2D eigenvalue weighted by molar-refractivity contribution is 5.79. The Morgan fingerprint density at radius 3 is 2.67 bits per heavy atom. The number of carboxylic acid groups (broad SMARTS) is 1. The zero-order valence-corrected chi connectivity index (χ0v) is 15.5. The lowest BCUT2D eigenvalue weighted by atomic mass is 10.1. The SMILES string of the molecule is C[C@H]1CN(c2ccc(C3(N)N=C(N)NN3)cn2)CCN1CC1CC1.O=CO. The lowest BCUT2D eigenvalue weighted by Crippen LogP contribution is -2.52. The van der Waals surface area contributed by atoms with Crippen molar-refractivity contribution in [2.24, 2.45) is 22.4 Å². The van der Waals surface area contributed by atoms with E-state index in [9.17, 15) is 0 Å². The molecule has 1 aromatic rings. The van der Waals surface area contributed by atoms with Gasteiger partial charge in [-0.2, -0.15) is 5.43 Å². The number of guanidine groups is 1. The number of piperazine rings is 1. The molecule has 2 atom stereocenters. The molecule has 7 N–H and O–H groups in total. The number of carbonyl (C=O) groups is 1. The van der Waals surface area contributed by atoms with Crippen molar-refractivity contribution in [1.29, 1.82) is 0 Å². The van der Waals surface area contributed by atoms with Gasteiger partial charge in [0.15, 0.2) is 0 Å². The van der Waals surface area contributed by atoms with Gasteiger partial charge >= 0.3 is 0 Å². The lowest BCUT2D eigenvalue weighted by molar-refractivity contribution is -0.122. The van der Waals surface area contributed by atoms with Crippen molar-refractivity contribution in [1.82, 2.24) is 20.7 Å². The molecule has 1 saturated carbocycles. The molecule has 10 heteroatoms. The molecule has 0 aromatic carbocycles. The van der Waals surface area contributed by atoms with Gasteiger partial charge in [-0.1, -0.05) is 0 Å². The van der Waals surface area contributed by atoms with Crippen LogP contribution in [0.2, 0.25) is 0 Å². The van der Waals surface area contributed by atoms with Crippen molar-refractivity contribution in [3.63, 3.8) is 0 Å². The van der Waals surface area contributed by atoms with E-state index >= 15 is 0 Å². The smallest absolute Gasteiger partial charge is 0.290 e. The summed E-state index contributed by atoms with van der Waals surface area (Å²) in [5.74, 6) is 1.16. The minimum absolute atomic E-state index is 0.250. The number of anilines is 1. The Bertz CT molecular complexity index is 678. The average Bonchev–Trinajstić information content (AvgIpc) is 3.40. The Morgan fingerprint density at radius 1 is 1.41 bits per heavy atom. The standard InChI is InChI=1S/C16H26N8.CH2O2/c1-11-9-24(7-6-23(11)10-12-2-3-12)14-5-4-13(8-19-14)16(18)20-15(17)21-22-16;2-1-3/h4-5,8,11-12,22H,2-3,6-7,9-10,18H2,1H3,(H3,17,20,21);1H,(H,2,3)/t11-,16?;/m0./s1. The predicted molar refractivity (Wildman–Crippen MR) is 103 cm³/mol. The van der Waals surface area contributed by atoms with Crippen molar-refractivity contribution in [3.05, 3.63) is 23.9 Å². The van der Waals surface area contributed by atoms with E-state index in [0.29, 0.717) is 6.04 Å². The van der Waals surface area contributed by atoms with E-state index in [1.807, 2.05) is 12.1 Å². The van der Waals surface area contributed by atoms with Crippen LogP contribution in [0.3, 0.4) is 0 Å². The Balaban J connectivity index is 0.000000659. The van der Waals surface area contributed by atoms with E-state index in [2.05, 4.69) is 37.6 Å². The van der Waals surface area contributed by atoms with Crippen molar-refractivity contribution in [2.75, 3.05) is 31.1 Å². The van der Waals surface area contributed by atoms with Gasteiger partial charge in [-0.05, 0) is 37.8 Å². The van der Waals surface area contributed by atoms with Crippen LogP contribution < -0.4 is 27.2 Å². The molecule has 0 amide bonds. The first-order valence-electron chi connectivity index (χ1n) is 9.16. The monoisotopic (exact) mass is 376 g/mol. The van der Waals surface area contributed by atoms with Gasteiger partial charge < -0.3 is 15.7 Å². The maximum atomic E-state index is 8.36. The summed E-state index contributed by atoms with van der Waals surface area (Å²) in [6.45, 7) is 6.45. The predicted octanol–water partition coefficient (Wildman–Crippen LogP) is -0.806. The fourth-order valence-electron chi connectivity index (χ4n) is 3.45. The van der Waals surface area contributed by atoms with Crippen LogP contribution in [0.15, 0.2) is 23.3 Å². The van der Waals surface area contributed by atoms with Crippen LogP contribution in [-0.2, 0) is 10.6 Å². The Hall–Kier alpha value is -2.43. The second-order valence-electron chi connectivity index (χ2n) is 7.26. The number of hydrazine groups is 1. The molecule has 2 fully saturated rings. The molecule has 0 radical (unpaired) electrons. The minimum Gasteiger partial charge on any atom is -0.483 e. The molecular formula is C17H28N8O2. The van der Waals surface area contributed by atoms with Crippen molar-refractivity contribution >= 4 is 18.2 Å². The number of hydrogen-bond acceptors (Lipinski definition) is 9. The van der Waals surface area contributed by atoms with Gasteiger partial charge in [-0.25, -0.2) is 9.98 Å². The Morgan fingerprint density at radius 2 is 2.15 bits per heavy atom. The van der Waals surface area contributed by atoms with Crippen molar-refractivity contribution in [3.8, 4) is 0 Å². The van der Waals surface area contributed by atoms with Gasteiger partial charge in [0.25, 0.3) is 6.47 Å². The fraction of sp³-hybridized carbons (Fsp3) is 0.588. The molecule has 10 nitrogen and oxygen atoms in total. The number of nitrogens with zero attached hydrogens (tertiary/aromatic N) is 4. The highest BCUT2D eigenvalue weighted by atomic mass is 16.3. The molecule has 0 bridgehead atoms. The number of hydrogen-bond donors (Lipinski definition) is 5. The van der Waals surface area contributed by atoms with Crippen LogP contribution in [0.1, 0.15) is 25.3 Å². The van der Waals surface area contributed by atoms with Crippen LogP contribution in [0.25, 0.3) is 0 Å². The molecule has 3 heterocycles. The zero-order valence-electron chi connectivity index (χ0n) is 15.5. The molecule has 1 aliphatic carbocycles. The number of aromatic nitrogens is 1. The summed E-state index contributed by atoms with van der Waals surface area (Å²) in [6.07, 6.45) is 4.59. The van der Waals surface area contributed by atoms with Crippen LogP contribution in [0.5, 0.6) is 0 Å². The summed E-state index contributed by atoms with van der Waals surface area (Å²) in [5.41, 5.74) is 18.2. The second kappa shape index (κ2) is 8.07. The number of rotatable bonds is 4. The van der Waals surface area contributed by atoms with E-state index in [0.717, 1.165) is 36.9 Å². The summed E-state index contributed by atoms with van der Waals surface area (Å²) in [4.78, 5) is 22.1. The molecule has 27 heavy (non-hydrogen) atoms. The average molecular weight is 376 g/mol. The summed E-state index contributed by atoms with van der Waals surface area (Å²) in [5, 5.41) is 6.89. The molecule has 0 spiro atoms.